The molecule has 1 aliphatic carbocycles. The Balaban J connectivity index is 2.17. The van der Waals surface area contributed by atoms with Crippen LogP contribution in [0.25, 0.3) is 0 Å². The normalized spacial score (nSPS) is 14.1. The first-order valence-corrected chi connectivity index (χ1v) is 6.18. The van der Waals surface area contributed by atoms with Crippen LogP contribution in [0.2, 0.25) is 0 Å². The van der Waals surface area contributed by atoms with Crippen LogP contribution in [-0.4, -0.2) is 25.2 Å². The van der Waals surface area contributed by atoms with Gasteiger partial charge in [0.2, 0.25) is 0 Å². The van der Waals surface area contributed by atoms with Crippen molar-refractivity contribution >= 4 is 17.3 Å². The number of carbonyl (C=O) groups excluding carboxylic acids is 2. The number of halogens is 1. The summed E-state index contributed by atoms with van der Waals surface area (Å²) in [5.41, 5.74) is 0.449. The van der Waals surface area contributed by atoms with E-state index in [9.17, 15) is 14.0 Å². The molecule has 0 saturated heterocycles. The van der Waals surface area contributed by atoms with Crippen molar-refractivity contribution in [3.8, 4) is 5.75 Å². The molecule has 1 fully saturated rings. The number of hydrogen-bond donors (Lipinski definition) is 1. The van der Waals surface area contributed by atoms with Crippen LogP contribution in [0.15, 0.2) is 12.1 Å². The van der Waals surface area contributed by atoms with Gasteiger partial charge in [-0.2, -0.15) is 0 Å². The number of ether oxygens (including phenoxy) is 1. The Morgan fingerprint density at radius 1 is 1.42 bits per heavy atom. The van der Waals surface area contributed by atoms with Gasteiger partial charge in [-0.05, 0) is 25.8 Å². The molecule has 4 nitrogen and oxygen atoms in total. The highest BCUT2D eigenvalue weighted by atomic mass is 19.1. The Bertz CT molecular complexity index is 524. The SMILES string of the molecule is COc1cc(F)c(NCC(=O)C2CC2)cc1C(C)=O. The third kappa shape index (κ3) is 3.10. The molecule has 0 aliphatic heterocycles. The molecule has 1 aromatic carbocycles. The van der Waals surface area contributed by atoms with Crippen LogP contribution in [0.1, 0.15) is 30.1 Å². The van der Waals surface area contributed by atoms with E-state index in [1.165, 1.54) is 20.1 Å². The number of carbonyl (C=O) groups is 2. The van der Waals surface area contributed by atoms with E-state index in [1.54, 1.807) is 0 Å². The summed E-state index contributed by atoms with van der Waals surface area (Å²) >= 11 is 0. The second kappa shape index (κ2) is 5.38. The van der Waals surface area contributed by atoms with E-state index < -0.39 is 5.82 Å². The quantitative estimate of drug-likeness (QED) is 0.803. The lowest BCUT2D eigenvalue weighted by Gasteiger charge is -2.11. The minimum atomic E-state index is -0.537. The van der Waals surface area contributed by atoms with Gasteiger partial charge in [0, 0.05) is 12.0 Å². The van der Waals surface area contributed by atoms with Gasteiger partial charge in [0.1, 0.15) is 11.6 Å². The molecule has 19 heavy (non-hydrogen) atoms. The van der Waals surface area contributed by atoms with Crippen molar-refractivity contribution in [3.05, 3.63) is 23.5 Å². The first kappa shape index (κ1) is 13.5. The molecule has 0 aromatic heterocycles. The lowest BCUT2D eigenvalue weighted by Crippen LogP contribution is -2.16. The molecule has 0 radical (unpaired) electrons. The maximum atomic E-state index is 13.8. The largest absolute Gasteiger partial charge is 0.496 e. The number of methoxy groups -OCH3 is 1. The monoisotopic (exact) mass is 265 g/mol. The predicted molar refractivity (Wildman–Crippen MR) is 69.2 cm³/mol. The van der Waals surface area contributed by atoms with Crippen LogP contribution < -0.4 is 10.1 Å². The van der Waals surface area contributed by atoms with Gasteiger partial charge in [-0.15, -0.1) is 0 Å². The second-order valence-corrected chi connectivity index (χ2v) is 4.68. The Kier molecular flexibility index (Phi) is 3.83. The third-order valence-electron chi connectivity index (χ3n) is 3.15. The molecule has 1 saturated carbocycles. The zero-order chi connectivity index (χ0) is 14.0. The fraction of sp³-hybridized carbons (Fsp3) is 0.429. The Hall–Kier alpha value is -1.91. The van der Waals surface area contributed by atoms with E-state index >= 15 is 0 Å². The van der Waals surface area contributed by atoms with Gasteiger partial charge >= 0.3 is 0 Å². The van der Waals surface area contributed by atoms with Gasteiger partial charge in [-0.1, -0.05) is 0 Å². The first-order chi connectivity index (χ1) is 9.02. The fourth-order valence-corrected chi connectivity index (χ4v) is 1.87. The van der Waals surface area contributed by atoms with E-state index in [0.717, 1.165) is 18.9 Å². The first-order valence-electron chi connectivity index (χ1n) is 6.18. The van der Waals surface area contributed by atoms with Crippen molar-refractivity contribution in [1.29, 1.82) is 0 Å². The molecule has 0 spiro atoms. The topological polar surface area (TPSA) is 55.4 Å². The van der Waals surface area contributed by atoms with Crippen molar-refractivity contribution in [2.45, 2.75) is 19.8 Å². The number of nitrogens with one attached hydrogen (secondary N) is 1. The lowest BCUT2D eigenvalue weighted by molar-refractivity contribution is -0.118. The molecule has 5 heteroatoms. The standard InChI is InChI=1S/C14H16FNO3/c1-8(17)10-5-12(11(15)6-14(10)19-2)16-7-13(18)9-3-4-9/h5-6,9,16H,3-4,7H2,1-2H3. The molecule has 0 amide bonds. The lowest BCUT2D eigenvalue weighted by atomic mass is 10.1. The highest BCUT2D eigenvalue weighted by Crippen LogP contribution is 2.30. The Morgan fingerprint density at radius 2 is 2.11 bits per heavy atom. The summed E-state index contributed by atoms with van der Waals surface area (Å²) in [4.78, 5) is 23.0. The number of anilines is 1. The van der Waals surface area contributed by atoms with E-state index in [4.69, 9.17) is 4.74 Å². The van der Waals surface area contributed by atoms with Crippen molar-refractivity contribution in [3.63, 3.8) is 0 Å². The maximum Gasteiger partial charge on any atom is 0.163 e. The van der Waals surface area contributed by atoms with Gasteiger partial charge in [0.25, 0.3) is 0 Å². The molecule has 1 N–H and O–H groups in total. The molecular weight excluding hydrogens is 249 g/mol. The number of rotatable bonds is 6. The number of ketones is 2. The zero-order valence-corrected chi connectivity index (χ0v) is 11.0. The molecule has 0 atom stereocenters. The van der Waals surface area contributed by atoms with Gasteiger partial charge in [-0.3, -0.25) is 9.59 Å². The van der Waals surface area contributed by atoms with Crippen molar-refractivity contribution < 1.29 is 18.7 Å². The van der Waals surface area contributed by atoms with E-state index in [0.29, 0.717) is 5.56 Å². The highest BCUT2D eigenvalue weighted by molar-refractivity contribution is 5.98. The zero-order valence-electron chi connectivity index (χ0n) is 11.0. The van der Waals surface area contributed by atoms with E-state index in [2.05, 4.69) is 5.32 Å². The van der Waals surface area contributed by atoms with Crippen LogP contribution in [0, 0.1) is 11.7 Å². The average molecular weight is 265 g/mol. The summed E-state index contributed by atoms with van der Waals surface area (Å²) in [5.74, 6) is -0.344. The molecule has 1 aliphatic rings. The smallest absolute Gasteiger partial charge is 0.163 e. The Labute approximate surface area is 110 Å². The van der Waals surface area contributed by atoms with E-state index in [1.807, 2.05) is 0 Å². The van der Waals surface area contributed by atoms with Crippen LogP contribution in [0.4, 0.5) is 10.1 Å². The molecule has 0 heterocycles. The van der Waals surface area contributed by atoms with Gasteiger partial charge < -0.3 is 10.1 Å². The van der Waals surface area contributed by atoms with Crippen LogP contribution >= 0.6 is 0 Å². The second-order valence-electron chi connectivity index (χ2n) is 4.68. The average Bonchev–Trinajstić information content (AvgIpc) is 3.20. The summed E-state index contributed by atoms with van der Waals surface area (Å²) < 4.78 is 18.7. The molecule has 2 rings (SSSR count). The third-order valence-corrected chi connectivity index (χ3v) is 3.15. The van der Waals surface area contributed by atoms with Crippen molar-refractivity contribution in [2.75, 3.05) is 19.0 Å². The summed E-state index contributed by atoms with van der Waals surface area (Å²) in [6.07, 6.45) is 1.84. The summed E-state index contributed by atoms with van der Waals surface area (Å²) in [7, 11) is 1.38. The number of hydrogen-bond acceptors (Lipinski definition) is 4. The molecule has 0 bridgehead atoms. The predicted octanol–water partition coefficient (Wildman–Crippen LogP) is 2.43. The summed E-state index contributed by atoms with van der Waals surface area (Å²) in [6.45, 7) is 1.47. The fourth-order valence-electron chi connectivity index (χ4n) is 1.87. The van der Waals surface area contributed by atoms with Gasteiger partial charge in [0.15, 0.2) is 11.6 Å². The maximum absolute atomic E-state index is 13.8. The Morgan fingerprint density at radius 3 is 2.63 bits per heavy atom. The summed E-state index contributed by atoms with van der Waals surface area (Å²) in [6, 6.07) is 2.54. The van der Waals surface area contributed by atoms with Crippen LogP contribution in [0.3, 0.4) is 0 Å². The van der Waals surface area contributed by atoms with Crippen LogP contribution in [0.5, 0.6) is 5.75 Å². The number of Topliss-reactive ketones (excluding diaryl/α,β-unsaturated/α-hetero) is 2. The van der Waals surface area contributed by atoms with Crippen molar-refractivity contribution in [2.24, 2.45) is 5.92 Å². The highest BCUT2D eigenvalue weighted by Gasteiger charge is 2.29. The molecular formula is C14H16FNO3. The molecule has 1 aromatic rings. The minimum absolute atomic E-state index is 0.0830. The molecule has 102 valence electrons. The van der Waals surface area contributed by atoms with Gasteiger partial charge in [0.05, 0.1) is 24.9 Å². The molecule has 0 unspecified atom stereocenters. The van der Waals surface area contributed by atoms with Gasteiger partial charge in [-0.25, -0.2) is 4.39 Å². The summed E-state index contributed by atoms with van der Waals surface area (Å²) in [5, 5.41) is 2.75. The van der Waals surface area contributed by atoms with Crippen LogP contribution in [-0.2, 0) is 4.79 Å². The minimum Gasteiger partial charge on any atom is -0.496 e. The number of benzene rings is 1. The van der Waals surface area contributed by atoms with Crippen molar-refractivity contribution in [1.82, 2.24) is 0 Å². The van der Waals surface area contributed by atoms with E-state index in [-0.39, 0.29) is 35.5 Å².